The Kier molecular flexibility index (Phi) is 5.99. The first kappa shape index (κ1) is 21.0. The summed E-state index contributed by atoms with van der Waals surface area (Å²) >= 11 is 6.05. The van der Waals surface area contributed by atoms with Crippen LogP contribution in [0.25, 0.3) is 5.69 Å². The summed E-state index contributed by atoms with van der Waals surface area (Å²) in [6.45, 7) is 3.91. The monoisotopic (exact) mass is 402 g/mol. The van der Waals surface area contributed by atoms with Crippen LogP contribution in [0.1, 0.15) is 42.7 Å². The molecule has 27 heavy (non-hydrogen) atoms. The smallest absolute Gasteiger partial charge is 0.294 e. The van der Waals surface area contributed by atoms with Gasteiger partial charge in [0.05, 0.1) is 10.7 Å². The van der Waals surface area contributed by atoms with Gasteiger partial charge < -0.3 is 0 Å². The van der Waals surface area contributed by atoms with Crippen LogP contribution in [-0.2, 0) is 13.2 Å². The summed E-state index contributed by atoms with van der Waals surface area (Å²) in [5, 5.41) is 0.143. The highest BCUT2D eigenvalue weighted by Gasteiger charge is 2.35. The zero-order chi connectivity index (χ0) is 20.5. The Bertz CT molecular complexity index is 991. The normalized spacial score (nSPS) is 11.9. The van der Waals surface area contributed by atoms with E-state index < -0.39 is 23.1 Å². The van der Waals surface area contributed by atoms with Crippen LogP contribution in [0.4, 0.5) is 13.2 Å². The molecule has 1 aromatic heterocycles. The number of nitrogens with zero attached hydrogens (tertiary/aromatic N) is 2. The molecule has 0 aliphatic carbocycles. The third kappa shape index (κ3) is 4.50. The third-order valence-corrected chi connectivity index (χ3v) is 4.40. The number of aromatic nitrogens is 2. The third-order valence-electron chi connectivity index (χ3n) is 4.07. The van der Waals surface area contributed by atoms with E-state index in [0.29, 0.717) is 27.5 Å². The molecule has 0 fully saturated rings. The minimum Gasteiger partial charge on any atom is -0.294 e. The molecule has 0 aliphatic heterocycles. The van der Waals surface area contributed by atoms with E-state index in [4.69, 9.17) is 11.6 Å². The Balaban J connectivity index is 2.59. The Morgan fingerprint density at radius 1 is 1.19 bits per heavy atom. The van der Waals surface area contributed by atoms with Crippen LogP contribution in [0.15, 0.2) is 33.9 Å². The average Bonchev–Trinajstić information content (AvgIpc) is 2.56. The molecule has 0 N–H and O–H groups in total. The van der Waals surface area contributed by atoms with Crippen LogP contribution < -0.4 is 11.2 Å². The van der Waals surface area contributed by atoms with Crippen LogP contribution >= 0.6 is 11.6 Å². The molecule has 0 radical (unpaired) electrons. The highest BCUT2D eigenvalue weighted by atomic mass is 35.5. The fourth-order valence-corrected chi connectivity index (χ4v) is 2.78. The number of rotatable bonds is 5. The number of Topliss-reactive ketones (excluding diaryl/α,β-unsaturated/α-hetero) is 1. The zero-order valence-electron chi connectivity index (χ0n) is 14.9. The van der Waals surface area contributed by atoms with E-state index in [1.165, 1.54) is 18.2 Å². The van der Waals surface area contributed by atoms with E-state index in [1.54, 1.807) is 0 Å². The van der Waals surface area contributed by atoms with Gasteiger partial charge in [-0.3, -0.25) is 14.2 Å². The van der Waals surface area contributed by atoms with Crippen molar-refractivity contribution in [1.29, 1.82) is 0 Å². The maximum Gasteiger partial charge on any atom is 0.431 e. The number of alkyl halides is 3. The second-order valence-electron chi connectivity index (χ2n) is 6.56. The van der Waals surface area contributed by atoms with Crippen LogP contribution in [-0.4, -0.2) is 14.9 Å². The number of hydrogen-bond acceptors (Lipinski definition) is 3. The molecule has 0 aliphatic rings. The highest BCUT2D eigenvalue weighted by Crippen LogP contribution is 2.27. The van der Waals surface area contributed by atoms with Crippen LogP contribution in [0.5, 0.6) is 0 Å². The fraction of sp³-hybridized carbons (Fsp3) is 0.389. The molecule has 1 heterocycles. The van der Waals surface area contributed by atoms with E-state index >= 15 is 0 Å². The van der Waals surface area contributed by atoms with Gasteiger partial charge in [-0.1, -0.05) is 25.4 Å². The first-order valence-electron chi connectivity index (χ1n) is 8.17. The molecule has 0 unspecified atom stereocenters. The molecule has 0 atom stereocenters. The van der Waals surface area contributed by atoms with Crippen molar-refractivity contribution in [2.75, 3.05) is 0 Å². The molecular formula is C18H18ClF3N2O3. The van der Waals surface area contributed by atoms with E-state index in [-0.39, 0.29) is 28.5 Å². The summed E-state index contributed by atoms with van der Waals surface area (Å²) in [4.78, 5) is 36.9. The summed E-state index contributed by atoms with van der Waals surface area (Å²) in [5.74, 6) is 0.0214. The van der Waals surface area contributed by atoms with Gasteiger partial charge in [0.1, 0.15) is 5.69 Å². The van der Waals surface area contributed by atoms with Crippen molar-refractivity contribution in [2.24, 2.45) is 13.0 Å². The summed E-state index contributed by atoms with van der Waals surface area (Å²) in [5.41, 5.74) is -3.57. The maximum absolute atomic E-state index is 12.9. The predicted molar refractivity (Wildman–Crippen MR) is 95.7 cm³/mol. The lowest BCUT2D eigenvalue weighted by Gasteiger charge is -2.14. The van der Waals surface area contributed by atoms with Crippen molar-refractivity contribution in [1.82, 2.24) is 9.13 Å². The van der Waals surface area contributed by atoms with Gasteiger partial charge in [-0.2, -0.15) is 13.2 Å². The lowest BCUT2D eigenvalue weighted by atomic mass is 10.0. The Hall–Kier alpha value is -2.35. The molecule has 2 rings (SSSR count). The van der Waals surface area contributed by atoms with Crippen molar-refractivity contribution in [3.8, 4) is 5.69 Å². The molecule has 0 saturated carbocycles. The fourth-order valence-electron chi connectivity index (χ4n) is 2.56. The molecule has 9 heteroatoms. The van der Waals surface area contributed by atoms with Gasteiger partial charge >= 0.3 is 11.9 Å². The van der Waals surface area contributed by atoms with Gasteiger partial charge in [0.15, 0.2) is 5.78 Å². The van der Waals surface area contributed by atoms with Crippen molar-refractivity contribution < 1.29 is 18.0 Å². The SMILES string of the molecule is CC(C)CCC(=O)c1cc(-n2c(=O)cc(C(F)(F)F)n(C)c2=O)ccc1Cl. The van der Waals surface area contributed by atoms with E-state index in [9.17, 15) is 27.6 Å². The molecule has 0 bridgehead atoms. The molecule has 0 spiro atoms. The first-order valence-corrected chi connectivity index (χ1v) is 8.54. The van der Waals surface area contributed by atoms with E-state index in [0.717, 1.165) is 7.05 Å². The lowest BCUT2D eigenvalue weighted by Crippen LogP contribution is -2.40. The molecule has 5 nitrogen and oxygen atoms in total. The lowest BCUT2D eigenvalue weighted by molar-refractivity contribution is -0.144. The van der Waals surface area contributed by atoms with Crippen LogP contribution in [0.3, 0.4) is 0 Å². The summed E-state index contributed by atoms with van der Waals surface area (Å²) < 4.78 is 39.8. The van der Waals surface area contributed by atoms with Crippen molar-refractivity contribution in [3.63, 3.8) is 0 Å². The average molecular weight is 403 g/mol. The predicted octanol–water partition coefficient (Wildman–Crippen LogP) is 3.83. The van der Waals surface area contributed by atoms with Crippen molar-refractivity contribution in [2.45, 2.75) is 32.9 Å². The largest absolute Gasteiger partial charge is 0.431 e. The van der Waals surface area contributed by atoms with Gasteiger partial charge in [0, 0.05) is 25.1 Å². The Labute approximate surface area is 158 Å². The van der Waals surface area contributed by atoms with Crippen LogP contribution in [0.2, 0.25) is 5.02 Å². The topological polar surface area (TPSA) is 61.1 Å². The number of carbonyl (C=O) groups excluding carboxylic acids is 1. The summed E-state index contributed by atoms with van der Waals surface area (Å²) in [6.07, 6.45) is -3.99. The summed E-state index contributed by atoms with van der Waals surface area (Å²) in [7, 11) is 0.922. The van der Waals surface area contributed by atoms with E-state index in [1.807, 2.05) is 13.8 Å². The zero-order valence-corrected chi connectivity index (χ0v) is 15.7. The minimum absolute atomic E-state index is 0.0216. The second kappa shape index (κ2) is 7.72. The molecule has 0 amide bonds. The van der Waals surface area contributed by atoms with Crippen LogP contribution in [0, 0.1) is 5.92 Å². The molecule has 1 aromatic carbocycles. The number of carbonyl (C=O) groups is 1. The van der Waals surface area contributed by atoms with Gasteiger partial charge in [-0.25, -0.2) is 9.36 Å². The molecule has 0 saturated heterocycles. The quantitative estimate of drug-likeness (QED) is 0.714. The number of ketones is 1. The van der Waals surface area contributed by atoms with Crippen molar-refractivity contribution in [3.05, 3.63) is 61.4 Å². The Morgan fingerprint density at radius 2 is 1.81 bits per heavy atom. The van der Waals surface area contributed by atoms with Gasteiger partial charge in [-0.05, 0) is 30.5 Å². The number of hydrogen-bond donors (Lipinski definition) is 0. The Morgan fingerprint density at radius 3 is 2.37 bits per heavy atom. The number of benzene rings is 1. The highest BCUT2D eigenvalue weighted by molar-refractivity contribution is 6.34. The van der Waals surface area contributed by atoms with Gasteiger partial charge in [0.25, 0.3) is 5.56 Å². The maximum atomic E-state index is 12.9. The molecule has 146 valence electrons. The summed E-state index contributed by atoms with van der Waals surface area (Å²) in [6, 6.07) is 4.23. The molecule has 2 aromatic rings. The second-order valence-corrected chi connectivity index (χ2v) is 6.97. The minimum atomic E-state index is -4.84. The first-order chi connectivity index (χ1) is 12.4. The number of halogens is 4. The van der Waals surface area contributed by atoms with Crippen molar-refractivity contribution >= 4 is 17.4 Å². The van der Waals surface area contributed by atoms with E-state index in [2.05, 4.69) is 0 Å². The molecular weight excluding hydrogens is 385 g/mol. The van der Waals surface area contributed by atoms with Gasteiger partial charge in [-0.15, -0.1) is 0 Å². The van der Waals surface area contributed by atoms with Gasteiger partial charge in [0.2, 0.25) is 0 Å². The standard InChI is InChI=1S/C18H18ClF3N2O3/c1-10(2)4-7-14(25)12-8-11(5-6-13(12)19)24-16(26)9-15(18(20,21)22)23(3)17(24)27/h5-6,8-10H,4,7H2,1-3H3.